The van der Waals surface area contributed by atoms with Crippen LogP contribution in [0.1, 0.15) is 18.4 Å². The Morgan fingerprint density at radius 2 is 2.11 bits per heavy atom. The van der Waals surface area contributed by atoms with E-state index in [0.29, 0.717) is 18.6 Å². The Morgan fingerprint density at radius 3 is 2.79 bits per heavy atom. The number of carbonyl (C=O) groups is 2. The van der Waals surface area contributed by atoms with Gasteiger partial charge in [0.05, 0.1) is 6.61 Å². The molecule has 0 unspecified atom stereocenters. The maximum atomic E-state index is 11.7. The molecule has 0 saturated carbocycles. The first-order valence-electron chi connectivity index (χ1n) is 5.97. The van der Waals surface area contributed by atoms with Crippen LogP contribution in [0.15, 0.2) is 35.4 Å². The lowest BCUT2D eigenvalue weighted by Gasteiger charge is -2.18. The van der Waals surface area contributed by atoms with E-state index in [0.717, 1.165) is 5.56 Å². The van der Waals surface area contributed by atoms with Crippen LogP contribution in [0.3, 0.4) is 0 Å². The van der Waals surface area contributed by atoms with Crippen molar-refractivity contribution in [3.8, 4) is 0 Å². The van der Waals surface area contributed by atoms with E-state index in [-0.39, 0.29) is 12.5 Å². The average Bonchev–Trinajstić information content (AvgIpc) is 2.43. The molecule has 19 heavy (non-hydrogen) atoms. The van der Waals surface area contributed by atoms with Crippen LogP contribution in [0.2, 0.25) is 0 Å². The summed E-state index contributed by atoms with van der Waals surface area (Å²) < 4.78 is 0. The Balaban J connectivity index is 1.82. The molecule has 1 heterocycles. The van der Waals surface area contributed by atoms with E-state index in [4.69, 9.17) is 4.84 Å². The number of nitrogens with one attached hydrogen (secondary N) is 1. The van der Waals surface area contributed by atoms with Crippen LogP contribution in [0.25, 0.3) is 0 Å². The van der Waals surface area contributed by atoms with Crippen LogP contribution in [-0.4, -0.2) is 29.6 Å². The maximum Gasteiger partial charge on any atom is 0.291 e. The fraction of sp³-hybridized carbons (Fsp3) is 0.308. The minimum absolute atomic E-state index is 0.0956. The van der Waals surface area contributed by atoms with E-state index in [1.54, 1.807) is 0 Å². The maximum absolute atomic E-state index is 11.7. The Kier molecular flexibility index (Phi) is 4.25. The van der Waals surface area contributed by atoms with Crippen molar-refractivity contribution in [3.63, 3.8) is 0 Å². The van der Waals surface area contributed by atoms with Crippen molar-refractivity contribution < 1.29 is 14.4 Å². The smallest absolute Gasteiger partial charge is 0.273 e. The summed E-state index contributed by atoms with van der Waals surface area (Å²) in [6.07, 6.45) is 0.630. The van der Waals surface area contributed by atoms with Crippen molar-refractivity contribution in [1.29, 1.82) is 0 Å². The zero-order chi connectivity index (χ0) is 13.7. The number of nitrogens with zero attached hydrogens (tertiary/aromatic N) is 2. The molecule has 2 rings (SSSR count). The molecule has 0 fully saturated rings. The molecule has 1 aliphatic heterocycles. The number of hydroxylamine groups is 1. The topological polar surface area (TPSA) is 71.0 Å². The Hall–Kier alpha value is -2.21. The second kappa shape index (κ2) is 6.10. The van der Waals surface area contributed by atoms with Gasteiger partial charge in [-0.25, -0.2) is 10.5 Å². The van der Waals surface area contributed by atoms with Gasteiger partial charge < -0.3 is 0 Å². The van der Waals surface area contributed by atoms with Crippen LogP contribution in [0.5, 0.6) is 0 Å². The third kappa shape index (κ3) is 3.62. The molecule has 100 valence electrons. The third-order valence-electron chi connectivity index (χ3n) is 2.72. The zero-order valence-electron chi connectivity index (χ0n) is 10.6. The third-order valence-corrected chi connectivity index (χ3v) is 2.72. The van der Waals surface area contributed by atoms with E-state index in [2.05, 4.69) is 10.6 Å². The lowest BCUT2D eigenvalue weighted by atomic mass is 10.1. The molecule has 0 atom stereocenters. The fourth-order valence-electron chi connectivity index (χ4n) is 1.65. The van der Waals surface area contributed by atoms with Crippen LogP contribution in [-0.2, 0) is 21.0 Å². The van der Waals surface area contributed by atoms with Gasteiger partial charge in [0, 0.05) is 19.9 Å². The van der Waals surface area contributed by atoms with E-state index in [9.17, 15) is 9.59 Å². The summed E-state index contributed by atoms with van der Waals surface area (Å²) in [6.45, 7) is 0.286. The van der Waals surface area contributed by atoms with Crippen molar-refractivity contribution >= 4 is 17.5 Å². The Morgan fingerprint density at radius 1 is 1.37 bits per heavy atom. The number of rotatable bonds is 4. The van der Waals surface area contributed by atoms with Crippen LogP contribution in [0, 0.1) is 0 Å². The van der Waals surface area contributed by atoms with Crippen molar-refractivity contribution in [1.82, 2.24) is 10.5 Å². The number of benzene rings is 1. The molecule has 0 bridgehead atoms. The van der Waals surface area contributed by atoms with Gasteiger partial charge in [-0.1, -0.05) is 30.3 Å². The molecule has 0 aromatic heterocycles. The normalized spacial score (nSPS) is 15.1. The summed E-state index contributed by atoms with van der Waals surface area (Å²) in [6, 6.07) is 9.50. The Labute approximate surface area is 111 Å². The van der Waals surface area contributed by atoms with Crippen molar-refractivity contribution in [2.24, 2.45) is 5.10 Å². The highest BCUT2D eigenvalue weighted by Crippen LogP contribution is 2.07. The molecule has 1 aliphatic rings. The summed E-state index contributed by atoms with van der Waals surface area (Å²) in [4.78, 5) is 28.1. The van der Waals surface area contributed by atoms with Crippen LogP contribution >= 0.6 is 0 Å². The molecule has 2 amide bonds. The van der Waals surface area contributed by atoms with Gasteiger partial charge in [-0.15, -0.1) is 0 Å². The van der Waals surface area contributed by atoms with E-state index < -0.39 is 5.91 Å². The molecule has 0 radical (unpaired) electrons. The first-order chi connectivity index (χ1) is 9.16. The van der Waals surface area contributed by atoms with E-state index in [1.165, 1.54) is 12.1 Å². The monoisotopic (exact) mass is 261 g/mol. The SMILES string of the molecule is CN1N=C(C(=O)NOCc2ccccc2)CCC1=O. The van der Waals surface area contributed by atoms with Gasteiger partial charge >= 0.3 is 0 Å². The molecular formula is C13H15N3O3. The number of hydrogen-bond donors (Lipinski definition) is 1. The lowest BCUT2D eigenvalue weighted by Crippen LogP contribution is -2.37. The van der Waals surface area contributed by atoms with E-state index >= 15 is 0 Å². The van der Waals surface area contributed by atoms with E-state index in [1.807, 2.05) is 30.3 Å². The predicted molar refractivity (Wildman–Crippen MR) is 68.8 cm³/mol. The van der Waals surface area contributed by atoms with Gasteiger partial charge in [0.2, 0.25) is 5.91 Å². The van der Waals surface area contributed by atoms with Gasteiger partial charge in [0.1, 0.15) is 5.71 Å². The average molecular weight is 261 g/mol. The predicted octanol–water partition coefficient (Wildman–Crippen LogP) is 0.843. The number of hydrazone groups is 1. The van der Waals surface area contributed by atoms with Crippen LogP contribution in [0.4, 0.5) is 0 Å². The largest absolute Gasteiger partial charge is 0.291 e. The van der Waals surface area contributed by atoms with Gasteiger partial charge in [-0.05, 0) is 5.56 Å². The molecule has 1 N–H and O–H groups in total. The van der Waals surface area contributed by atoms with Crippen LogP contribution < -0.4 is 5.48 Å². The second-order valence-corrected chi connectivity index (χ2v) is 4.17. The summed E-state index contributed by atoms with van der Waals surface area (Å²) in [5.41, 5.74) is 3.59. The molecule has 1 aromatic rings. The summed E-state index contributed by atoms with van der Waals surface area (Å²) in [7, 11) is 1.53. The van der Waals surface area contributed by atoms with Crippen molar-refractivity contribution in [2.45, 2.75) is 19.4 Å². The van der Waals surface area contributed by atoms with Gasteiger partial charge in [0.15, 0.2) is 0 Å². The molecule has 6 heteroatoms. The summed E-state index contributed by atoms with van der Waals surface area (Å²) in [5, 5.41) is 5.07. The molecule has 0 aliphatic carbocycles. The molecular weight excluding hydrogens is 246 g/mol. The molecule has 0 spiro atoms. The molecule has 6 nitrogen and oxygen atoms in total. The highest BCUT2D eigenvalue weighted by Gasteiger charge is 2.21. The first-order valence-corrected chi connectivity index (χ1v) is 5.97. The second-order valence-electron chi connectivity index (χ2n) is 4.17. The molecule has 1 aromatic carbocycles. The first kappa shape index (κ1) is 13.2. The van der Waals surface area contributed by atoms with Crippen molar-refractivity contribution in [2.75, 3.05) is 7.05 Å². The highest BCUT2D eigenvalue weighted by atomic mass is 16.6. The minimum Gasteiger partial charge on any atom is -0.273 e. The standard InChI is InChI=1S/C13H15N3O3/c1-16-12(17)8-7-11(14-16)13(18)15-19-9-10-5-3-2-4-6-10/h2-6H,7-9H2,1H3,(H,15,18). The fourth-order valence-corrected chi connectivity index (χ4v) is 1.65. The van der Waals surface area contributed by atoms with Gasteiger partial charge in [0.25, 0.3) is 5.91 Å². The number of carbonyl (C=O) groups excluding carboxylic acids is 2. The Bertz CT molecular complexity index is 499. The minimum atomic E-state index is -0.407. The summed E-state index contributed by atoms with van der Waals surface area (Å²) >= 11 is 0. The van der Waals surface area contributed by atoms with Gasteiger partial charge in [-0.2, -0.15) is 5.10 Å². The summed E-state index contributed by atoms with van der Waals surface area (Å²) in [5.74, 6) is -0.503. The lowest BCUT2D eigenvalue weighted by molar-refractivity contribution is -0.131. The highest BCUT2D eigenvalue weighted by molar-refractivity contribution is 6.39. The van der Waals surface area contributed by atoms with Gasteiger partial charge in [-0.3, -0.25) is 14.4 Å². The number of amides is 2. The zero-order valence-corrected chi connectivity index (χ0v) is 10.6. The molecule has 0 saturated heterocycles. The quantitative estimate of drug-likeness (QED) is 0.816. The van der Waals surface area contributed by atoms with Crippen molar-refractivity contribution in [3.05, 3.63) is 35.9 Å². The number of hydrogen-bond acceptors (Lipinski definition) is 4.